The zero-order valence-electron chi connectivity index (χ0n) is 19.8. The number of hydrogen-bond donors (Lipinski definition) is 3. The minimum atomic E-state index is -0.525. The van der Waals surface area contributed by atoms with Crippen LogP contribution in [0.2, 0.25) is 0 Å². The summed E-state index contributed by atoms with van der Waals surface area (Å²) in [7, 11) is 1.27. The average molecular weight is 473 g/mol. The fourth-order valence-corrected chi connectivity index (χ4v) is 3.88. The van der Waals surface area contributed by atoms with E-state index in [1.54, 1.807) is 30.3 Å². The van der Waals surface area contributed by atoms with Crippen LogP contribution in [0.4, 0.5) is 0 Å². The molecule has 4 rings (SSSR count). The lowest BCUT2D eigenvalue weighted by molar-refractivity contribution is 0.0208. The van der Waals surface area contributed by atoms with E-state index in [1.165, 1.54) is 51.0 Å². The standard InChI is InChI=1S/C13H16O3.C8H8O3.C6H12O/c14-12-9-5-4-8-11(12)13(15)16-10-6-2-1-3-7-10;1-11-8(10)6-4-2-3-5-7(6)9;7-6-4-2-1-3-5-6/h4-5,8-10,14H,1-3,6-7H2;2-5,9H,1H3;6-7H,1-5H2. The second kappa shape index (κ2) is 15.0. The molecule has 0 aliphatic heterocycles. The summed E-state index contributed by atoms with van der Waals surface area (Å²) in [5.74, 6) is -1.00. The summed E-state index contributed by atoms with van der Waals surface area (Å²) in [5.41, 5.74) is 0.447. The number of phenols is 2. The van der Waals surface area contributed by atoms with E-state index in [0.717, 1.165) is 38.5 Å². The molecular formula is C27H36O7. The summed E-state index contributed by atoms with van der Waals surface area (Å²) in [4.78, 5) is 22.6. The number of hydrogen-bond acceptors (Lipinski definition) is 7. The third kappa shape index (κ3) is 9.43. The molecule has 34 heavy (non-hydrogen) atoms. The Bertz CT molecular complexity index is 884. The maximum Gasteiger partial charge on any atom is 0.342 e. The van der Waals surface area contributed by atoms with Crippen LogP contribution in [0.3, 0.4) is 0 Å². The van der Waals surface area contributed by atoms with Gasteiger partial charge in [-0.3, -0.25) is 0 Å². The number of esters is 2. The summed E-state index contributed by atoms with van der Waals surface area (Å²) in [5, 5.41) is 27.5. The molecule has 2 saturated carbocycles. The summed E-state index contributed by atoms with van der Waals surface area (Å²) in [6, 6.07) is 12.7. The molecule has 186 valence electrons. The lowest BCUT2D eigenvalue weighted by Crippen LogP contribution is -2.20. The summed E-state index contributed by atoms with van der Waals surface area (Å²) >= 11 is 0. The minimum Gasteiger partial charge on any atom is -0.507 e. The lowest BCUT2D eigenvalue weighted by atomic mass is 9.98. The summed E-state index contributed by atoms with van der Waals surface area (Å²) < 4.78 is 9.78. The first-order valence-electron chi connectivity index (χ1n) is 12.0. The number of para-hydroxylation sites is 2. The van der Waals surface area contributed by atoms with E-state index in [4.69, 9.17) is 14.9 Å². The van der Waals surface area contributed by atoms with Gasteiger partial charge in [0.15, 0.2) is 0 Å². The van der Waals surface area contributed by atoms with Gasteiger partial charge in [0.2, 0.25) is 0 Å². The molecule has 2 fully saturated rings. The van der Waals surface area contributed by atoms with Crippen molar-refractivity contribution in [3.05, 3.63) is 59.7 Å². The number of phenolic OH excluding ortho intramolecular Hbond substituents is 2. The number of ether oxygens (including phenoxy) is 2. The maximum absolute atomic E-state index is 11.8. The number of aliphatic hydroxyl groups excluding tert-OH is 1. The summed E-state index contributed by atoms with van der Waals surface area (Å²) in [6.07, 6.45) is 11.3. The van der Waals surface area contributed by atoms with Crippen LogP contribution in [-0.4, -0.2) is 46.6 Å². The highest BCUT2D eigenvalue weighted by molar-refractivity contribution is 5.92. The molecule has 0 amide bonds. The van der Waals surface area contributed by atoms with Gasteiger partial charge in [0.1, 0.15) is 28.7 Å². The molecule has 2 aromatic rings. The van der Waals surface area contributed by atoms with Crippen LogP contribution in [0.15, 0.2) is 48.5 Å². The van der Waals surface area contributed by atoms with Crippen molar-refractivity contribution < 1.29 is 34.4 Å². The van der Waals surface area contributed by atoms with Crippen molar-refractivity contribution in [2.75, 3.05) is 7.11 Å². The molecule has 2 aliphatic carbocycles. The quantitative estimate of drug-likeness (QED) is 0.515. The smallest absolute Gasteiger partial charge is 0.342 e. The number of rotatable bonds is 3. The molecule has 0 spiro atoms. The third-order valence-electron chi connectivity index (χ3n) is 5.83. The van der Waals surface area contributed by atoms with E-state index in [-0.39, 0.29) is 34.8 Å². The number of aromatic hydroxyl groups is 2. The zero-order valence-corrected chi connectivity index (χ0v) is 19.8. The number of methoxy groups -OCH3 is 1. The Hall–Kier alpha value is -3.06. The van der Waals surface area contributed by atoms with Crippen LogP contribution in [-0.2, 0) is 9.47 Å². The molecule has 7 nitrogen and oxygen atoms in total. The van der Waals surface area contributed by atoms with Gasteiger partial charge in [-0.05, 0) is 62.8 Å². The highest BCUT2D eigenvalue weighted by atomic mass is 16.5. The molecule has 0 heterocycles. The number of carbonyl (C=O) groups excluding carboxylic acids is 2. The monoisotopic (exact) mass is 472 g/mol. The molecule has 2 aliphatic rings. The Morgan fingerprint density at radius 3 is 1.56 bits per heavy atom. The van der Waals surface area contributed by atoms with E-state index < -0.39 is 11.9 Å². The van der Waals surface area contributed by atoms with Crippen LogP contribution >= 0.6 is 0 Å². The van der Waals surface area contributed by atoms with Gasteiger partial charge in [0, 0.05) is 0 Å². The van der Waals surface area contributed by atoms with Crippen molar-refractivity contribution in [3.8, 4) is 11.5 Å². The molecule has 0 bridgehead atoms. The third-order valence-corrected chi connectivity index (χ3v) is 5.83. The molecule has 7 heteroatoms. The van der Waals surface area contributed by atoms with E-state index in [0.29, 0.717) is 0 Å². The van der Waals surface area contributed by atoms with Crippen molar-refractivity contribution in [2.24, 2.45) is 0 Å². The minimum absolute atomic E-state index is 0.0108. The SMILES string of the molecule is COC(=O)c1ccccc1O.O=C(OC1CCCCC1)c1ccccc1O.OC1CCCCC1. The fraction of sp³-hybridized carbons (Fsp3) is 0.481. The van der Waals surface area contributed by atoms with Crippen molar-refractivity contribution in [1.82, 2.24) is 0 Å². The second-order valence-corrected chi connectivity index (χ2v) is 8.48. The second-order valence-electron chi connectivity index (χ2n) is 8.48. The van der Waals surface area contributed by atoms with Gasteiger partial charge in [0.05, 0.1) is 13.2 Å². The van der Waals surface area contributed by atoms with E-state index in [2.05, 4.69) is 4.74 Å². The van der Waals surface area contributed by atoms with Crippen molar-refractivity contribution in [3.63, 3.8) is 0 Å². The molecule has 2 aromatic carbocycles. The van der Waals surface area contributed by atoms with Crippen molar-refractivity contribution in [1.29, 1.82) is 0 Å². The lowest BCUT2D eigenvalue weighted by Gasteiger charge is -2.21. The van der Waals surface area contributed by atoms with Crippen LogP contribution in [0, 0.1) is 0 Å². The van der Waals surface area contributed by atoms with Gasteiger partial charge in [-0.1, -0.05) is 49.9 Å². The van der Waals surface area contributed by atoms with Gasteiger partial charge < -0.3 is 24.8 Å². The summed E-state index contributed by atoms with van der Waals surface area (Å²) in [6.45, 7) is 0. The molecule has 0 unspecified atom stereocenters. The Morgan fingerprint density at radius 1 is 0.706 bits per heavy atom. The highest BCUT2D eigenvalue weighted by Gasteiger charge is 2.20. The van der Waals surface area contributed by atoms with E-state index >= 15 is 0 Å². The molecule has 0 radical (unpaired) electrons. The van der Waals surface area contributed by atoms with Gasteiger partial charge >= 0.3 is 11.9 Å². The first kappa shape index (κ1) is 27.2. The fourth-order valence-electron chi connectivity index (χ4n) is 3.88. The zero-order chi connectivity index (χ0) is 24.8. The van der Waals surface area contributed by atoms with Crippen molar-refractivity contribution >= 4 is 11.9 Å². The van der Waals surface area contributed by atoms with Gasteiger partial charge in [-0.2, -0.15) is 0 Å². The largest absolute Gasteiger partial charge is 0.507 e. The van der Waals surface area contributed by atoms with E-state index in [9.17, 15) is 14.7 Å². The Morgan fingerprint density at radius 2 is 1.15 bits per heavy atom. The molecule has 0 saturated heterocycles. The highest BCUT2D eigenvalue weighted by Crippen LogP contribution is 2.23. The molecule has 3 N–H and O–H groups in total. The topological polar surface area (TPSA) is 113 Å². The van der Waals surface area contributed by atoms with Gasteiger partial charge in [-0.15, -0.1) is 0 Å². The predicted molar refractivity (Wildman–Crippen MR) is 129 cm³/mol. The van der Waals surface area contributed by atoms with Crippen molar-refractivity contribution in [2.45, 2.75) is 76.4 Å². The molecular weight excluding hydrogens is 436 g/mol. The molecule has 0 aromatic heterocycles. The Balaban J connectivity index is 0.000000196. The Kier molecular flexibility index (Phi) is 12.0. The van der Waals surface area contributed by atoms with Crippen LogP contribution < -0.4 is 0 Å². The number of benzene rings is 2. The first-order valence-corrected chi connectivity index (χ1v) is 12.0. The van der Waals surface area contributed by atoms with E-state index in [1.807, 2.05) is 0 Å². The normalized spacial score (nSPS) is 16.2. The Labute approximate surface area is 201 Å². The van der Waals surface area contributed by atoms with Crippen LogP contribution in [0.25, 0.3) is 0 Å². The number of carbonyl (C=O) groups is 2. The average Bonchev–Trinajstić information content (AvgIpc) is 2.86. The number of aliphatic hydroxyl groups is 1. The van der Waals surface area contributed by atoms with Gasteiger partial charge in [0.25, 0.3) is 0 Å². The maximum atomic E-state index is 11.8. The first-order chi connectivity index (χ1) is 16.4. The van der Waals surface area contributed by atoms with Gasteiger partial charge in [-0.25, -0.2) is 9.59 Å². The van der Waals surface area contributed by atoms with Crippen LogP contribution in [0.1, 0.15) is 84.9 Å². The molecule has 0 atom stereocenters. The predicted octanol–water partition coefficient (Wildman–Crippen LogP) is 5.37. The van der Waals surface area contributed by atoms with Crippen LogP contribution in [0.5, 0.6) is 11.5 Å².